The van der Waals surface area contributed by atoms with Crippen molar-refractivity contribution in [3.63, 3.8) is 0 Å². The van der Waals surface area contributed by atoms with E-state index < -0.39 is 0 Å². The lowest BCUT2D eigenvalue weighted by Gasteiger charge is -2.31. The summed E-state index contributed by atoms with van der Waals surface area (Å²) in [4.78, 5) is 45.0. The molecule has 0 spiro atoms. The zero-order valence-corrected chi connectivity index (χ0v) is 19.4. The van der Waals surface area contributed by atoms with Crippen molar-refractivity contribution in [2.75, 3.05) is 26.2 Å². The summed E-state index contributed by atoms with van der Waals surface area (Å²) in [5, 5.41) is 14.0. The van der Waals surface area contributed by atoms with E-state index in [1.54, 1.807) is 0 Å². The van der Waals surface area contributed by atoms with Gasteiger partial charge in [0.15, 0.2) is 0 Å². The van der Waals surface area contributed by atoms with Gasteiger partial charge in [0.05, 0.1) is 0 Å². The van der Waals surface area contributed by atoms with Crippen molar-refractivity contribution in [1.82, 2.24) is 21.3 Å². The lowest BCUT2D eigenvalue weighted by atomic mass is 10.0. The van der Waals surface area contributed by atoms with Gasteiger partial charge in [-0.1, -0.05) is 0 Å². The molecule has 4 atom stereocenters. The van der Waals surface area contributed by atoms with Crippen LogP contribution in [0.15, 0.2) is 0 Å². The fourth-order valence-electron chi connectivity index (χ4n) is 3.81. The molecule has 33 heavy (non-hydrogen) atoms. The largest absolute Gasteiger partial charge is 0.370 e. The minimum atomic E-state index is -0.364. The summed E-state index contributed by atoms with van der Waals surface area (Å²) < 4.78 is 0. The summed E-state index contributed by atoms with van der Waals surface area (Å²) in [5.41, 5.74) is 21.3. The van der Waals surface area contributed by atoms with Gasteiger partial charge in [-0.3, -0.25) is 19.2 Å². The molecule has 0 aromatic rings. The molecule has 1 heterocycles. The Hall–Kier alpha value is -2.28. The molecule has 12 nitrogen and oxygen atoms in total. The number of primary amides is 4. The Morgan fingerprint density at radius 3 is 1.03 bits per heavy atom. The van der Waals surface area contributed by atoms with Gasteiger partial charge in [0.2, 0.25) is 23.6 Å². The monoisotopic (exact) mass is 470 g/mol. The van der Waals surface area contributed by atoms with Gasteiger partial charge in [0, 0.05) is 76.0 Å². The van der Waals surface area contributed by atoms with Crippen molar-refractivity contribution >= 4 is 23.6 Å². The first-order valence-electron chi connectivity index (χ1n) is 11.7. The van der Waals surface area contributed by atoms with Gasteiger partial charge >= 0.3 is 0 Å². The fourth-order valence-corrected chi connectivity index (χ4v) is 3.81. The van der Waals surface area contributed by atoms with Crippen molar-refractivity contribution in [3.05, 3.63) is 0 Å². The summed E-state index contributed by atoms with van der Waals surface area (Å²) in [7, 11) is 0. The summed E-state index contributed by atoms with van der Waals surface area (Å²) in [6.07, 6.45) is 4.22. The van der Waals surface area contributed by atoms with Gasteiger partial charge in [-0.25, -0.2) is 0 Å². The molecule has 1 aliphatic rings. The molecule has 12 heteroatoms. The minimum absolute atomic E-state index is 0.000830. The molecule has 12 N–H and O–H groups in total. The maximum Gasteiger partial charge on any atom is 0.217 e. The van der Waals surface area contributed by atoms with E-state index in [4.69, 9.17) is 22.9 Å². The number of hydrogen-bond donors (Lipinski definition) is 8. The molecular formula is C21H42N8O4. The van der Waals surface area contributed by atoms with Crippen molar-refractivity contribution in [1.29, 1.82) is 0 Å². The summed E-state index contributed by atoms with van der Waals surface area (Å²) in [6.45, 7) is 2.38. The molecule has 190 valence electrons. The molecule has 0 radical (unpaired) electrons. The molecule has 4 amide bonds. The average Bonchev–Trinajstić information content (AvgIpc) is 2.72. The first kappa shape index (κ1) is 28.8. The Bertz CT molecular complexity index is 599. The predicted octanol–water partition coefficient (Wildman–Crippen LogP) is -2.72. The molecule has 1 rings (SSSR count). The van der Waals surface area contributed by atoms with Crippen LogP contribution in [0.25, 0.3) is 0 Å². The third-order valence-corrected chi connectivity index (χ3v) is 5.81. The van der Waals surface area contributed by atoms with E-state index in [9.17, 15) is 19.2 Å². The predicted molar refractivity (Wildman–Crippen MR) is 125 cm³/mol. The summed E-state index contributed by atoms with van der Waals surface area (Å²) >= 11 is 0. The topological polar surface area (TPSA) is 220 Å². The Morgan fingerprint density at radius 2 is 0.758 bits per heavy atom. The molecule has 0 aromatic heterocycles. The molecule has 0 aromatic carbocycles. The second-order valence-corrected chi connectivity index (χ2v) is 8.79. The summed E-state index contributed by atoms with van der Waals surface area (Å²) in [6, 6.07) is 0.0545. The fraction of sp³-hybridized carbons (Fsp3) is 0.810. The molecule has 1 saturated heterocycles. The van der Waals surface area contributed by atoms with Gasteiger partial charge in [-0.05, 0) is 32.1 Å². The number of nitrogens with one attached hydrogen (secondary N) is 4. The minimum Gasteiger partial charge on any atom is -0.370 e. The molecule has 0 aliphatic carbocycles. The second kappa shape index (κ2) is 16.4. The first-order chi connectivity index (χ1) is 15.7. The Balaban J connectivity index is 2.87. The van der Waals surface area contributed by atoms with Gasteiger partial charge in [-0.2, -0.15) is 0 Å². The highest BCUT2D eigenvalue weighted by molar-refractivity contribution is 5.74. The smallest absolute Gasteiger partial charge is 0.217 e. The maximum atomic E-state index is 11.3. The number of carbonyl (C=O) groups excluding carboxylic acids is 4. The highest BCUT2D eigenvalue weighted by atomic mass is 16.2. The Labute approximate surface area is 195 Å². The first-order valence-corrected chi connectivity index (χ1v) is 11.7. The van der Waals surface area contributed by atoms with Crippen LogP contribution in [0.5, 0.6) is 0 Å². The van der Waals surface area contributed by atoms with Crippen molar-refractivity contribution in [2.45, 2.75) is 82.0 Å². The van der Waals surface area contributed by atoms with Crippen molar-refractivity contribution in [3.8, 4) is 0 Å². The van der Waals surface area contributed by atoms with E-state index in [-0.39, 0.29) is 67.1 Å². The van der Waals surface area contributed by atoms with Crippen molar-refractivity contribution in [2.24, 2.45) is 22.9 Å². The quantitative estimate of drug-likeness (QED) is 0.141. The number of hydrogen-bond acceptors (Lipinski definition) is 8. The standard InChI is InChI=1S/C21H42N8O4/c22-18(30)3-1-2-14-10-27-16(5-8-20(24)32)12-29-17(6-9-21(25)33)13-28-15(11-26-14)4-7-19(23)31/h14-17,26-29H,1-13H2,(H2,22,30)(H2,23,31)(H2,24,32)(H2,25,33)/t14-,15-,16-,17-/m1/s1. The number of nitrogens with two attached hydrogens (primary N) is 4. The van der Waals surface area contributed by atoms with E-state index in [0.717, 1.165) is 6.42 Å². The van der Waals surface area contributed by atoms with Crippen LogP contribution in [0.3, 0.4) is 0 Å². The molecule has 0 saturated carbocycles. The summed E-state index contributed by atoms with van der Waals surface area (Å²) in [5.74, 6) is -1.41. The number of amides is 4. The Morgan fingerprint density at radius 1 is 0.485 bits per heavy atom. The molecular weight excluding hydrogens is 428 g/mol. The van der Waals surface area contributed by atoms with Crippen LogP contribution in [0, 0.1) is 0 Å². The van der Waals surface area contributed by atoms with E-state index in [1.807, 2.05) is 0 Å². The lowest BCUT2D eigenvalue weighted by Crippen LogP contribution is -2.54. The second-order valence-electron chi connectivity index (χ2n) is 8.79. The van der Waals surface area contributed by atoms with Crippen LogP contribution in [0.2, 0.25) is 0 Å². The maximum absolute atomic E-state index is 11.3. The highest BCUT2D eigenvalue weighted by Crippen LogP contribution is 2.07. The van der Waals surface area contributed by atoms with Crippen LogP contribution >= 0.6 is 0 Å². The van der Waals surface area contributed by atoms with Crippen LogP contribution in [0.4, 0.5) is 0 Å². The Kier molecular flexibility index (Phi) is 14.2. The van der Waals surface area contributed by atoms with E-state index in [2.05, 4.69) is 21.3 Å². The molecule has 1 aliphatic heterocycles. The van der Waals surface area contributed by atoms with Gasteiger partial charge in [-0.15, -0.1) is 0 Å². The number of rotatable bonds is 13. The third kappa shape index (κ3) is 15.2. The van der Waals surface area contributed by atoms with Crippen molar-refractivity contribution < 1.29 is 19.2 Å². The zero-order valence-electron chi connectivity index (χ0n) is 19.4. The highest BCUT2D eigenvalue weighted by Gasteiger charge is 2.21. The molecule has 0 unspecified atom stereocenters. The third-order valence-electron chi connectivity index (χ3n) is 5.81. The normalized spacial score (nSPS) is 24.8. The van der Waals surface area contributed by atoms with Crippen LogP contribution < -0.4 is 44.2 Å². The van der Waals surface area contributed by atoms with Gasteiger partial charge in [0.25, 0.3) is 0 Å². The zero-order chi connectivity index (χ0) is 24.6. The SMILES string of the molecule is NC(=O)CCC[C@@H]1CN[C@H](CCC(N)=O)CN[C@H](CCC(N)=O)CN[C@H](CCC(N)=O)CN1. The molecule has 1 fully saturated rings. The van der Waals surface area contributed by atoms with Crippen LogP contribution in [0.1, 0.15) is 57.8 Å². The average molecular weight is 471 g/mol. The van der Waals surface area contributed by atoms with E-state index in [1.165, 1.54) is 0 Å². The van der Waals surface area contributed by atoms with Gasteiger partial charge < -0.3 is 44.2 Å². The molecule has 0 bridgehead atoms. The van der Waals surface area contributed by atoms with E-state index >= 15 is 0 Å². The number of carbonyl (C=O) groups is 4. The van der Waals surface area contributed by atoms with Crippen LogP contribution in [-0.2, 0) is 19.2 Å². The van der Waals surface area contributed by atoms with Crippen LogP contribution in [-0.4, -0.2) is 74.0 Å². The van der Waals surface area contributed by atoms with Gasteiger partial charge in [0.1, 0.15) is 0 Å². The lowest BCUT2D eigenvalue weighted by molar-refractivity contribution is -0.119. The van der Waals surface area contributed by atoms with E-state index in [0.29, 0.717) is 58.3 Å².